The molecule has 1 aromatic carbocycles. The van der Waals surface area contributed by atoms with Gasteiger partial charge in [0.05, 0.1) is 0 Å². The zero-order valence-corrected chi connectivity index (χ0v) is 12.5. The van der Waals surface area contributed by atoms with Crippen molar-refractivity contribution >= 4 is 17.7 Å². The predicted octanol–water partition coefficient (Wildman–Crippen LogP) is 3.84. The van der Waals surface area contributed by atoms with Gasteiger partial charge in [0, 0.05) is 18.7 Å². The number of benzene rings is 1. The first-order chi connectivity index (χ1) is 8.87. The van der Waals surface area contributed by atoms with Crippen molar-refractivity contribution in [1.82, 2.24) is 4.90 Å². The second-order valence-electron chi connectivity index (χ2n) is 6.10. The fourth-order valence-electron chi connectivity index (χ4n) is 2.22. The second kappa shape index (κ2) is 5.53. The van der Waals surface area contributed by atoms with Crippen LogP contribution >= 0.6 is 11.8 Å². The Kier molecular flexibility index (Phi) is 4.19. The van der Waals surface area contributed by atoms with Gasteiger partial charge in [-0.15, -0.1) is 11.8 Å². The summed E-state index contributed by atoms with van der Waals surface area (Å²) < 4.78 is 13.3. The van der Waals surface area contributed by atoms with Gasteiger partial charge < -0.3 is 4.90 Å². The van der Waals surface area contributed by atoms with Gasteiger partial charge in [-0.3, -0.25) is 4.79 Å². The van der Waals surface area contributed by atoms with Crippen LogP contribution in [0.5, 0.6) is 0 Å². The maximum atomic E-state index is 13.3. The summed E-state index contributed by atoms with van der Waals surface area (Å²) in [6.07, 6.45) is 0.527. The quantitative estimate of drug-likeness (QED) is 0.821. The molecule has 0 saturated carbocycles. The van der Waals surface area contributed by atoms with Crippen LogP contribution in [0.2, 0.25) is 0 Å². The van der Waals surface area contributed by atoms with Crippen molar-refractivity contribution in [2.75, 3.05) is 12.3 Å². The zero-order valence-electron chi connectivity index (χ0n) is 11.6. The van der Waals surface area contributed by atoms with E-state index in [-0.39, 0.29) is 22.5 Å². The molecule has 1 saturated heterocycles. The van der Waals surface area contributed by atoms with Crippen LogP contribution in [0, 0.1) is 11.2 Å². The Morgan fingerprint density at radius 3 is 2.84 bits per heavy atom. The van der Waals surface area contributed by atoms with Crippen molar-refractivity contribution in [2.45, 2.75) is 32.6 Å². The number of thioether (sulfide) groups is 1. The highest BCUT2D eigenvalue weighted by molar-refractivity contribution is 7.99. The highest BCUT2D eigenvalue weighted by Gasteiger charge is 2.32. The number of nitrogens with zero attached hydrogens (tertiary/aromatic N) is 1. The van der Waals surface area contributed by atoms with Gasteiger partial charge in [0.1, 0.15) is 11.2 Å². The Hall–Kier alpha value is -1.03. The number of amides is 1. The summed E-state index contributed by atoms with van der Waals surface area (Å²) in [5, 5.41) is -0.0365. The van der Waals surface area contributed by atoms with E-state index < -0.39 is 0 Å². The Bertz CT molecular complexity index is 469. The third-order valence-corrected chi connectivity index (χ3v) is 4.29. The summed E-state index contributed by atoms with van der Waals surface area (Å²) in [6.45, 7) is 6.93. The molecule has 1 aliphatic heterocycles. The zero-order chi connectivity index (χ0) is 14.0. The molecule has 0 N–H and O–H groups in total. The topological polar surface area (TPSA) is 20.3 Å². The van der Waals surface area contributed by atoms with Crippen molar-refractivity contribution in [3.63, 3.8) is 0 Å². The smallest absolute Gasteiger partial charge is 0.224 e. The van der Waals surface area contributed by atoms with E-state index in [1.54, 1.807) is 17.8 Å². The van der Waals surface area contributed by atoms with Crippen molar-refractivity contribution in [3.05, 3.63) is 35.6 Å². The average Bonchev–Trinajstić information content (AvgIpc) is 2.75. The molecular weight excluding hydrogens is 261 g/mol. The van der Waals surface area contributed by atoms with Crippen LogP contribution in [0.15, 0.2) is 24.3 Å². The predicted molar refractivity (Wildman–Crippen MR) is 77.4 cm³/mol. The number of hydrogen-bond acceptors (Lipinski definition) is 2. The summed E-state index contributed by atoms with van der Waals surface area (Å²) in [6, 6.07) is 6.56. The van der Waals surface area contributed by atoms with Crippen molar-refractivity contribution < 1.29 is 9.18 Å². The van der Waals surface area contributed by atoms with Crippen molar-refractivity contribution in [1.29, 1.82) is 0 Å². The first kappa shape index (κ1) is 14.4. The normalized spacial score (nSPS) is 19.8. The molecule has 0 bridgehead atoms. The van der Waals surface area contributed by atoms with Gasteiger partial charge >= 0.3 is 0 Å². The van der Waals surface area contributed by atoms with Crippen LogP contribution < -0.4 is 0 Å². The Labute approximate surface area is 118 Å². The molecule has 4 heteroatoms. The second-order valence-corrected chi connectivity index (χ2v) is 7.29. The minimum atomic E-state index is -0.242. The molecule has 2 rings (SSSR count). The lowest BCUT2D eigenvalue weighted by atomic mass is 9.91. The molecule has 1 aromatic rings. The monoisotopic (exact) mass is 281 g/mol. The standard InChI is InChI=1S/C15H20FNOS/c1-15(2,3)10-13(18)17-7-8-19-14(17)11-5-4-6-12(16)9-11/h4-6,9,14H,7-8,10H2,1-3H3. The maximum Gasteiger partial charge on any atom is 0.224 e. The first-order valence-electron chi connectivity index (χ1n) is 6.53. The number of carbonyl (C=O) groups is 1. The van der Waals surface area contributed by atoms with Crippen LogP contribution in [-0.2, 0) is 4.79 Å². The summed E-state index contributed by atoms with van der Waals surface area (Å²) in [5.41, 5.74) is 0.862. The summed E-state index contributed by atoms with van der Waals surface area (Å²) >= 11 is 1.71. The van der Waals surface area contributed by atoms with Crippen LogP contribution in [0.3, 0.4) is 0 Å². The SMILES string of the molecule is CC(C)(C)CC(=O)N1CCSC1c1cccc(F)c1. The van der Waals surface area contributed by atoms with Crippen LogP contribution in [-0.4, -0.2) is 23.1 Å². The van der Waals surface area contributed by atoms with Gasteiger partial charge in [-0.05, 0) is 23.1 Å². The lowest BCUT2D eigenvalue weighted by molar-refractivity contribution is -0.133. The molecule has 0 aromatic heterocycles. The minimum absolute atomic E-state index is 0.0170. The van der Waals surface area contributed by atoms with Crippen molar-refractivity contribution in [2.24, 2.45) is 5.41 Å². The van der Waals surface area contributed by atoms with E-state index in [1.165, 1.54) is 12.1 Å². The minimum Gasteiger partial charge on any atom is -0.326 e. The third-order valence-electron chi connectivity index (χ3n) is 3.03. The van der Waals surface area contributed by atoms with Crippen LogP contribution in [0.4, 0.5) is 4.39 Å². The molecule has 1 heterocycles. The Morgan fingerprint density at radius 1 is 1.47 bits per heavy atom. The largest absolute Gasteiger partial charge is 0.326 e. The van der Waals surface area contributed by atoms with Gasteiger partial charge in [0.25, 0.3) is 0 Å². The highest BCUT2D eigenvalue weighted by atomic mass is 32.2. The Morgan fingerprint density at radius 2 is 2.21 bits per heavy atom. The van der Waals surface area contributed by atoms with E-state index >= 15 is 0 Å². The average molecular weight is 281 g/mol. The van der Waals surface area contributed by atoms with E-state index in [0.29, 0.717) is 6.42 Å². The van der Waals surface area contributed by atoms with Gasteiger partial charge in [0.15, 0.2) is 0 Å². The summed E-state index contributed by atoms with van der Waals surface area (Å²) in [4.78, 5) is 14.2. The van der Waals surface area contributed by atoms with Gasteiger partial charge in [0.2, 0.25) is 5.91 Å². The van der Waals surface area contributed by atoms with Crippen molar-refractivity contribution in [3.8, 4) is 0 Å². The molecular formula is C15H20FNOS. The van der Waals surface area contributed by atoms with Gasteiger partial charge in [-0.1, -0.05) is 32.9 Å². The lowest BCUT2D eigenvalue weighted by Gasteiger charge is -2.27. The summed E-state index contributed by atoms with van der Waals surface area (Å²) in [5.74, 6) is 0.830. The highest BCUT2D eigenvalue weighted by Crippen LogP contribution is 2.39. The fourth-order valence-corrected chi connectivity index (χ4v) is 3.48. The number of hydrogen-bond donors (Lipinski definition) is 0. The molecule has 1 fully saturated rings. The molecule has 1 atom stereocenters. The lowest BCUT2D eigenvalue weighted by Crippen LogP contribution is -2.33. The number of carbonyl (C=O) groups excluding carboxylic acids is 1. The number of halogens is 1. The van der Waals surface area contributed by atoms with Crippen LogP contribution in [0.1, 0.15) is 38.1 Å². The third kappa shape index (κ3) is 3.72. The Balaban J connectivity index is 2.15. The van der Waals surface area contributed by atoms with E-state index in [0.717, 1.165) is 17.9 Å². The molecule has 1 aliphatic rings. The molecule has 2 nitrogen and oxygen atoms in total. The van der Waals surface area contributed by atoms with E-state index in [4.69, 9.17) is 0 Å². The van der Waals surface area contributed by atoms with Crippen LogP contribution in [0.25, 0.3) is 0 Å². The van der Waals surface area contributed by atoms with E-state index in [1.807, 2.05) is 11.0 Å². The van der Waals surface area contributed by atoms with Gasteiger partial charge in [-0.2, -0.15) is 0 Å². The van der Waals surface area contributed by atoms with E-state index in [9.17, 15) is 9.18 Å². The first-order valence-corrected chi connectivity index (χ1v) is 7.58. The number of rotatable bonds is 2. The summed E-state index contributed by atoms with van der Waals surface area (Å²) in [7, 11) is 0. The molecule has 0 radical (unpaired) electrons. The molecule has 1 amide bonds. The molecule has 0 spiro atoms. The molecule has 104 valence electrons. The fraction of sp³-hybridized carbons (Fsp3) is 0.533. The molecule has 19 heavy (non-hydrogen) atoms. The maximum absolute atomic E-state index is 13.3. The molecule has 1 unspecified atom stereocenters. The van der Waals surface area contributed by atoms with Gasteiger partial charge in [-0.25, -0.2) is 4.39 Å². The van der Waals surface area contributed by atoms with E-state index in [2.05, 4.69) is 20.8 Å². The molecule has 0 aliphatic carbocycles.